The molecule has 0 bridgehead atoms. The van der Waals surface area contributed by atoms with Gasteiger partial charge in [-0.05, 0) is 50.6 Å². The van der Waals surface area contributed by atoms with Crippen LogP contribution >= 0.6 is 24.0 Å². The number of hydrogen-bond acceptors (Lipinski definition) is 4. The van der Waals surface area contributed by atoms with Crippen molar-refractivity contribution in [2.75, 3.05) is 19.6 Å². The summed E-state index contributed by atoms with van der Waals surface area (Å²) in [5.74, 6) is 1.58. The molecule has 2 heterocycles. The Bertz CT molecular complexity index is 997. The zero-order valence-electron chi connectivity index (χ0n) is 18.2. The highest BCUT2D eigenvalue weighted by Crippen LogP contribution is 2.09. The van der Waals surface area contributed by atoms with Crippen LogP contribution in [-0.4, -0.2) is 51.0 Å². The number of carbonyl (C=O) groups is 1. The third kappa shape index (κ3) is 6.39. The van der Waals surface area contributed by atoms with Crippen LogP contribution in [0, 0.1) is 0 Å². The van der Waals surface area contributed by atoms with Gasteiger partial charge in [-0.1, -0.05) is 18.2 Å². The molecular formula is C22H30IN7O. The molecule has 0 saturated carbocycles. The molecule has 31 heavy (non-hydrogen) atoms. The minimum atomic E-state index is 0. The zero-order chi connectivity index (χ0) is 21.3. The lowest BCUT2D eigenvalue weighted by atomic mass is 10.1. The van der Waals surface area contributed by atoms with E-state index in [1.165, 1.54) is 0 Å². The first-order chi connectivity index (χ1) is 14.7. The van der Waals surface area contributed by atoms with E-state index in [4.69, 9.17) is 0 Å². The lowest BCUT2D eigenvalue weighted by molar-refractivity contribution is 0.0773. The van der Waals surface area contributed by atoms with Crippen LogP contribution in [0.4, 0.5) is 0 Å². The van der Waals surface area contributed by atoms with Crippen LogP contribution in [-0.2, 0) is 13.1 Å². The van der Waals surface area contributed by atoms with Crippen LogP contribution in [0.3, 0.4) is 0 Å². The van der Waals surface area contributed by atoms with E-state index in [1.807, 2.05) is 78.7 Å². The first kappa shape index (κ1) is 24.6. The molecule has 9 heteroatoms. The molecule has 0 fully saturated rings. The van der Waals surface area contributed by atoms with Gasteiger partial charge < -0.3 is 15.5 Å². The van der Waals surface area contributed by atoms with E-state index in [1.54, 1.807) is 0 Å². The van der Waals surface area contributed by atoms with E-state index in [9.17, 15) is 4.79 Å². The number of aromatic nitrogens is 3. The number of amides is 1. The Hall–Kier alpha value is -2.69. The highest BCUT2D eigenvalue weighted by Gasteiger charge is 2.12. The quantitative estimate of drug-likeness (QED) is 0.263. The highest BCUT2D eigenvalue weighted by atomic mass is 127. The number of benzene rings is 1. The smallest absolute Gasteiger partial charge is 0.253 e. The van der Waals surface area contributed by atoms with Crippen molar-refractivity contribution in [1.82, 2.24) is 30.1 Å². The van der Waals surface area contributed by atoms with Crippen molar-refractivity contribution in [2.45, 2.75) is 33.9 Å². The average molecular weight is 535 g/mol. The number of rotatable bonds is 8. The van der Waals surface area contributed by atoms with E-state index in [2.05, 4.69) is 25.8 Å². The maximum atomic E-state index is 12.4. The van der Waals surface area contributed by atoms with E-state index in [0.717, 1.165) is 23.6 Å². The van der Waals surface area contributed by atoms with E-state index >= 15 is 0 Å². The molecule has 1 amide bonds. The van der Waals surface area contributed by atoms with Crippen LogP contribution in [0.15, 0.2) is 53.7 Å². The Kier molecular flexibility index (Phi) is 9.70. The maximum Gasteiger partial charge on any atom is 0.253 e. The topological polar surface area (TPSA) is 86.9 Å². The van der Waals surface area contributed by atoms with Gasteiger partial charge in [0.15, 0.2) is 17.4 Å². The van der Waals surface area contributed by atoms with Gasteiger partial charge in [0, 0.05) is 31.4 Å². The van der Waals surface area contributed by atoms with Gasteiger partial charge in [-0.3, -0.25) is 9.20 Å². The van der Waals surface area contributed by atoms with Crippen molar-refractivity contribution in [2.24, 2.45) is 4.99 Å². The summed E-state index contributed by atoms with van der Waals surface area (Å²) in [7, 11) is 0. The van der Waals surface area contributed by atoms with Gasteiger partial charge in [-0.25, -0.2) is 4.99 Å². The first-order valence-corrected chi connectivity index (χ1v) is 10.3. The van der Waals surface area contributed by atoms with Crippen LogP contribution in [0.5, 0.6) is 0 Å². The molecule has 1 aromatic carbocycles. The Labute approximate surface area is 200 Å². The number of guanidine groups is 1. The number of aliphatic imine (C=N–C) groups is 1. The molecule has 3 rings (SSSR count). The van der Waals surface area contributed by atoms with Crippen molar-refractivity contribution in [3.8, 4) is 0 Å². The molecule has 0 aliphatic heterocycles. The van der Waals surface area contributed by atoms with Crippen molar-refractivity contribution in [3.05, 3.63) is 65.6 Å². The number of carbonyl (C=O) groups excluding carboxylic acids is 1. The molecule has 0 aliphatic carbocycles. The second-order valence-electron chi connectivity index (χ2n) is 6.77. The van der Waals surface area contributed by atoms with Crippen LogP contribution in [0.25, 0.3) is 5.65 Å². The summed E-state index contributed by atoms with van der Waals surface area (Å²) in [6, 6.07) is 13.5. The highest BCUT2D eigenvalue weighted by molar-refractivity contribution is 14.0. The summed E-state index contributed by atoms with van der Waals surface area (Å²) in [4.78, 5) is 18.9. The first-order valence-electron chi connectivity index (χ1n) is 10.3. The van der Waals surface area contributed by atoms with Gasteiger partial charge in [-0.15, -0.1) is 34.2 Å². The van der Waals surface area contributed by atoms with Crippen molar-refractivity contribution in [3.63, 3.8) is 0 Å². The standard InChI is InChI=1S/C22H29N7O.HI/c1-4-23-22(25-16-20-27-26-19-9-7-8-14-29(19)20)24-15-17-10-12-18(13-11-17)21(30)28(5-2)6-3;/h7-14H,4-6,15-16H2,1-3H3,(H2,23,24,25);1H. The van der Waals surface area contributed by atoms with Crippen LogP contribution in [0.2, 0.25) is 0 Å². The predicted molar refractivity (Wildman–Crippen MR) is 134 cm³/mol. The summed E-state index contributed by atoms with van der Waals surface area (Å²) >= 11 is 0. The second kappa shape index (κ2) is 12.2. The molecule has 0 unspecified atom stereocenters. The number of nitrogens with zero attached hydrogens (tertiary/aromatic N) is 5. The average Bonchev–Trinajstić information content (AvgIpc) is 3.20. The lowest BCUT2D eigenvalue weighted by Crippen LogP contribution is -2.37. The van der Waals surface area contributed by atoms with Crippen LogP contribution in [0.1, 0.15) is 42.5 Å². The van der Waals surface area contributed by atoms with Crippen molar-refractivity contribution in [1.29, 1.82) is 0 Å². The van der Waals surface area contributed by atoms with E-state index in [-0.39, 0.29) is 29.9 Å². The minimum absolute atomic E-state index is 0. The van der Waals surface area contributed by atoms with Gasteiger partial charge in [0.2, 0.25) is 0 Å². The molecule has 3 aromatic rings. The summed E-state index contributed by atoms with van der Waals surface area (Å²) in [5.41, 5.74) is 2.56. The number of halogens is 1. The molecule has 2 N–H and O–H groups in total. The van der Waals surface area contributed by atoms with Gasteiger partial charge in [-0.2, -0.15) is 0 Å². The summed E-state index contributed by atoms with van der Waals surface area (Å²) in [6.45, 7) is 9.19. The summed E-state index contributed by atoms with van der Waals surface area (Å²) < 4.78 is 1.95. The third-order valence-electron chi connectivity index (χ3n) is 4.81. The van der Waals surface area contributed by atoms with Gasteiger partial charge in [0.1, 0.15) is 0 Å². The van der Waals surface area contributed by atoms with Crippen molar-refractivity contribution >= 4 is 41.5 Å². The SMILES string of the molecule is CCNC(=NCc1ccc(C(=O)N(CC)CC)cc1)NCc1nnc2ccccn12.I. The Morgan fingerprint density at radius 2 is 1.77 bits per heavy atom. The molecule has 0 atom stereocenters. The monoisotopic (exact) mass is 535 g/mol. The molecular weight excluding hydrogens is 505 g/mol. The molecule has 0 aliphatic rings. The third-order valence-corrected chi connectivity index (χ3v) is 4.81. The fourth-order valence-electron chi connectivity index (χ4n) is 3.13. The van der Waals surface area contributed by atoms with E-state index < -0.39 is 0 Å². The molecule has 0 saturated heterocycles. The number of pyridine rings is 1. The van der Waals surface area contributed by atoms with E-state index in [0.29, 0.717) is 37.7 Å². The molecule has 0 spiro atoms. The largest absolute Gasteiger partial charge is 0.357 e. The number of fused-ring (bicyclic) bond motifs is 1. The van der Waals surface area contributed by atoms with Gasteiger partial charge in [0.25, 0.3) is 5.91 Å². The van der Waals surface area contributed by atoms with Crippen molar-refractivity contribution < 1.29 is 4.79 Å². The number of nitrogens with one attached hydrogen (secondary N) is 2. The predicted octanol–water partition coefficient (Wildman–Crippen LogP) is 3.08. The number of hydrogen-bond donors (Lipinski definition) is 2. The fraction of sp³-hybridized carbons (Fsp3) is 0.364. The van der Waals surface area contributed by atoms with Gasteiger partial charge in [0.05, 0.1) is 13.1 Å². The lowest BCUT2D eigenvalue weighted by Gasteiger charge is -2.18. The Balaban J connectivity index is 0.00000341. The zero-order valence-corrected chi connectivity index (χ0v) is 20.5. The van der Waals surface area contributed by atoms with Crippen LogP contribution < -0.4 is 10.6 Å². The van der Waals surface area contributed by atoms with Gasteiger partial charge >= 0.3 is 0 Å². The minimum Gasteiger partial charge on any atom is -0.357 e. The Morgan fingerprint density at radius 1 is 1.03 bits per heavy atom. The summed E-state index contributed by atoms with van der Waals surface area (Å²) in [6.07, 6.45) is 1.94. The fourth-order valence-corrected chi connectivity index (χ4v) is 3.13. The maximum absolute atomic E-state index is 12.4. The second-order valence-corrected chi connectivity index (χ2v) is 6.77. The normalized spacial score (nSPS) is 11.1. The Morgan fingerprint density at radius 3 is 2.45 bits per heavy atom. The molecule has 2 aromatic heterocycles. The molecule has 8 nitrogen and oxygen atoms in total. The summed E-state index contributed by atoms with van der Waals surface area (Å²) in [5, 5.41) is 14.9. The molecule has 0 radical (unpaired) electrons. The molecule has 166 valence electrons.